The zero-order valence-corrected chi connectivity index (χ0v) is 11.7. The van der Waals surface area contributed by atoms with Crippen LogP contribution in [0.2, 0.25) is 0 Å². The Hall–Kier alpha value is -1.96. The van der Waals surface area contributed by atoms with Crippen molar-refractivity contribution in [3.63, 3.8) is 0 Å². The minimum Gasteiger partial charge on any atom is -0.508 e. The van der Waals surface area contributed by atoms with Gasteiger partial charge in [-0.2, -0.15) is 0 Å². The number of aromatic hydroxyl groups is 1. The van der Waals surface area contributed by atoms with Crippen molar-refractivity contribution in [1.29, 1.82) is 0 Å². The molecule has 0 saturated carbocycles. The van der Waals surface area contributed by atoms with Gasteiger partial charge in [0, 0.05) is 11.7 Å². The normalized spacial score (nSPS) is 12.4. The highest BCUT2D eigenvalue weighted by Crippen LogP contribution is 2.24. The predicted octanol–water partition coefficient (Wildman–Crippen LogP) is 4.69. The molecule has 0 heterocycles. The minimum atomic E-state index is 0.162. The molecule has 0 aromatic heterocycles. The fourth-order valence-electron chi connectivity index (χ4n) is 2.12. The molecule has 0 saturated heterocycles. The molecule has 2 N–H and O–H groups in total. The van der Waals surface area contributed by atoms with Crippen LogP contribution in [0.4, 0.5) is 5.69 Å². The molecule has 0 amide bonds. The summed E-state index contributed by atoms with van der Waals surface area (Å²) >= 11 is 0. The molecule has 2 aromatic rings. The Kier molecular flexibility index (Phi) is 4.10. The second-order valence-corrected chi connectivity index (χ2v) is 5.24. The van der Waals surface area contributed by atoms with Crippen LogP contribution in [0.1, 0.15) is 43.9 Å². The number of phenols is 1. The molecule has 100 valence electrons. The van der Waals surface area contributed by atoms with Crippen LogP contribution in [0.5, 0.6) is 5.75 Å². The van der Waals surface area contributed by atoms with Crippen LogP contribution in [-0.2, 0) is 0 Å². The molecule has 0 spiro atoms. The topological polar surface area (TPSA) is 32.3 Å². The zero-order chi connectivity index (χ0) is 13.8. The molecule has 0 bridgehead atoms. The molecule has 2 heteroatoms. The number of phenolic OH excluding ortho intramolecular Hbond substituents is 1. The first-order chi connectivity index (χ1) is 9.06. The lowest BCUT2D eigenvalue weighted by Crippen LogP contribution is -2.06. The van der Waals surface area contributed by atoms with Gasteiger partial charge in [0.05, 0.1) is 0 Å². The molecule has 2 aromatic carbocycles. The van der Waals surface area contributed by atoms with Crippen molar-refractivity contribution in [1.82, 2.24) is 0 Å². The third-order valence-electron chi connectivity index (χ3n) is 3.31. The van der Waals surface area contributed by atoms with E-state index in [1.54, 1.807) is 12.1 Å². The molecule has 19 heavy (non-hydrogen) atoms. The Morgan fingerprint density at radius 3 is 2.26 bits per heavy atom. The van der Waals surface area contributed by atoms with E-state index in [0.29, 0.717) is 11.7 Å². The highest BCUT2D eigenvalue weighted by molar-refractivity contribution is 5.48. The van der Waals surface area contributed by atoms with Crippen LogP contribution in [0.25, 0.3) is 0 Å². The summed E-state index contributed by atoms with van der Waals surface area (Å²) in [4.78, 5) is 0. The van der Waals surface area contributed by atoms with Gasteiger partial charge in [0.25, 0.3) is 0 Å². The van der Waals surface area contributed by atoms with Crippen LogP contribution < -0.4 is 5.32 Å². The number of anilines is 1. The molecule has 0 fully saturated rings. The molecule has 0 aliphatic rings. The summed E-state index contributed by atoms with van der Waals surface area (Å²) in [5.74, 6) is 0.833. The van der Waals surface area contributed by atoms with Crippen LogP contribution in [0, 0.1) is 0 Å². The predicted molar refractivity (Wildman–Crippen MR) is 80.7 cm³/mol. The van der Waals surface area contributed by atoms with E-state index in [4.69, 9.17) is 0 Å². The first-order valence-corrected chi connectivity index (χ1v) is 6.71. The standard InChI is InChI=1S/C17H21NO/c1-12(2)14-6-4-8-16(10-14)18-13(3)15-7-5-9-17(19)11-15/h4-13,18-19H,1-3H3. The van der Waals surface area contributed by atoms with E-state index < -0.39 is 0 Å². The summed E-state index contributed by atoms with van der Waals surface area (Å²) < 4.78 is 0. The maximum Gasteiger partial charge on any atom is 0.115 e. The average molecular weight is 255 g/mol. The Labute approximate surface area is 115 Å². The summed E-state index contributed by atoms with van der Waals surface area (Å²) in [6.07, 6.45) is 0. The van der Waals surface area contributed by atoms with Crippen LogP contribution in [-0.4, -0.2) is 5.11 Å². The van der Waals surface area contributed by atoms with Gasteiger partial charge in [0.2, 0.25) is 0 Å². The molecule has 2 nitrogen and oxygen atoms in total. The molecule has 0 radical (unpaired) electrons. The second kappa shape index (κ2) is 5.79. The van der Waals surface area contributed by atoms with E-state index in [0.717, 1.165) is 11.3 Å². The molecule has 1 atom stereocenters. The van der Waals surface area contributed by atoms with E-state index in [9.17, 15) is 5.11 Å². The minimum absolute atomic E-state index is 0.162. The van der Waals surface area contributed by atoms with Gasteiger partial charge < -0.3 is 10.4 Å². The zero-order valence-electron chi connectivity index (χ0n) is 11.7. The van der Waals surface area contributed by atoms with Gasteiger partial charge in [-0.25, -0.2) is 0 Å². The van der Waals surface area contributed by atoms with Crippen LogP contribution in [0.15, 0.2) is 48.5 Å². The SMILES string of the molecule is CC(C)c1cccc(NC(C)c2cccc(O)c2)c1. The molecule has 1 unspecified atom stereocenters. The molecular weight excluding hydrogens is 234 g/mol. The maximum absolute atomic E-state index is 9.52. The molecule has 2 rings (SSSR count). The summed E-state index contributed by atoms with van der Waals surface area (Å²) in [6, 6.07) is 16.0. The summed E-state index contributed by atoms with van der Waals surface area (Å²) in [5.41, 5.74) is 3.52. The van der Waals surface area contributed by atoms with Gasteiger partial charge >= 0.3 is 0 Å². The highest BCUT2D eigenvalue weighted by atomic mass is 16.3. The van der Waals surface area contributed by atoms with Gasteiger partial charge in [0.1, 0.15) is 5.75 Å². The Morgan fingerprint density at radius 2 is 1.58 bits per heavy atom. The molecule has 0 aliphatic carbocycles. The van der Waals surface area contributed by atoms with Crippen molar-refractivity contribution in [3.05, 3.63) is 59.7 Å². The second-order valence-electron chi connectivity index (χ2n) is 5.24. The largest absolute Gasteiger partial charge is 0.508 e. The van der Waals surface area contributed by atoms with E-state index >= 15 is 0 Å². The van der Waals surface area contributed by atoms with Gasteiger partial charge in [-0.3, -0.25) is 0 Å². The summed E-state index contributed by atoms with van der Waals surface area (Å²) in [7, 11) is 0. The van der Waals surface area contributed by atoms with Crippen molar-refractivity contribution in [2.24, 2.45) is 0 Å². The first kappa shape index (κ1) is 13.5. The van der Waals surface area contributed by atoms with E-state index in [-0.39, 0.29) is 6.04 Å². The molecule has 0 aliphatic heterocycles. The fraction of sp³-hybridized carbons (Fsp3) is 0.294. The van der Waals surface area contributed by atoms with E-state index in [1.807, 2.05) is 12.1 Å². The maximum atomic E-state index is 9.52. The number of nitrogens with one attached hydrogen (secondary N) is 1. The Bertz CT molecular complexity index is 548. The molecular formula is C17H21NO. The average Bonchev–Trinajstić information content (AvgIpc) is 2.39. The fourth-order valence-corrected chi connectivity index (χ4v) is 2.12. The Morgan fingerprint density at radius 1 is 0.895 bits per heavy atom. The number of hydrogen-bond donors (Lipinski definition) is 2. The quantitative estimate of drug-likeness (QED) is 0.830. The lowest BCUT2D eigenvalue weighted by molar-refractivity contribution is 0.474. The van der Waals surface area contributed by atoms with Crippen molar-refractivity contribution >= 4 is 5.69 Å². The summed E-state index contributed by atoms with van der Waals surface area (Å²) in [5, 5.41) is 13.0. The van der Waals surface area contributed by atoms with Crippen molar-refractivity contribution in [2.45, 2.75) is 32.7 Å². The third-order valence-corrected chi connectivity index (χ3v) is 3.31. The van der Waals surface area contributed by atoms with E-state index in [2.05, 4.69) is 50.4 Å². The number of benzene rings is 2. The van der Waals surface area contributed by atoms with Gasteiger partial charge in [-0.1, -0.05) is 38.1 Å². The first-order valence-electron chi connectivity index (χ1n) is 6.71. The third kappa shape index (κ3) is 3.50. The monoisotopic (exact) mass is 255 g/mol. The van der Waals surface area contributed by atoms with Crippen LogP contribution >= 0.6 is 0 Å². The van der Waals surface area contributed by atoms with Crippen molar-refractivity contribution < 1.29 is 5.11 Å². The van der Waals surface area contributed by atoms with Gasteiger partial charge in [-0.05, 0) is 48.2 Å². The van der Waals surface area contributed by atoms with Crippen molar-refractivity contribution in [3.8, 4) is 5.75 Å². The Balaban J connectivity index is 2.14. The van der Waals surface area contributed by atoms with Crippen LogP contribution in [0.3, 0.4) is 0 Å². The smallest absolute Gasteiger partial charge is 0.115 e. The van der Waals surface area contributed by atoms with Gasteiger partial charge in [-0.15, -0.1) is 0 Å². The number of hydrogen-bond acceptors (Lipinski definition) is 2. The lowest BCUT2D eigenvalue weighted by Gasteiger charge is -2.17. The van der Waals surface area contributed by atoms with Gasteiger partial charge in [0.15, 0.2) is 0 Å². The highest BCUT2D eigenvalue weighted by Gasteiger charge is 2.07. The number of rotatable bonds is 4. The summed E-state index contributed by atoms with van der Waals surface area (Å²) in [6.45, 7) is 6.48. The van der Waals surface area contributed by atoms with E-state index in [1.165, 1.54) is 5.56 Å². The lowest BCUT2D eigenvalue weighted by atomic mass is 10.0. The van der Waals surface area contributed by atoms with Crippen molar-refractivity contribution in [2.75, 3.05) is 5.32 Å².